The molecule has 0 aromatic heterocycles. The molecule has 0 aliphatic heterocycles. The van der Waals surface area contributed by atoms with E-state index in [4.69, 9.17) is 0 Å². The van der Waals surface area contributed by atoms with Gasteiger partial charge in [-0.3, -0.25) is 9.59 Å². The van der Waals surface area contributed by atoms with Crippen LogP contribution in [0.25, 0.3) is 0 Å². The van der Waals surface area contributed by atoms with Crippen molar-refractivity contribution < 1.29 is 19.8 Å². The number of aliphatic hydroxyl groups is 2. The zero-order valence-corrected chi connectivity index (χ0v) is 22.3. The van der Waals surface area contributed by atoms with E-state index in [2.05, 4.69) is 0 Å². The van der Waals surface area contributed by atoms with Crippen molar-refractivity contribution in [2.75, 3.05) is 24.7 Å². The summed E-state index contributed by atoms with van der Waals surface area (Å²) in [6.45, 7) is 3.65. The lowest BCUT2D eigenvalue weighted by molar-refractivity contribution is -0.109. The van der Waals surface area contributed by atoms with Gasteiger partial charge in [-0.2, -0.15) is 0 Å². The summed E-state index contributed by atoms with van der Waals surface area (Å²) in [7, 11) is 0. The highest BCUT2D eigenvalue weighted by Gasteiger charge is 2.07. The molecule has 0 bridgehead atoms. The van der Waals surface area contributed by atoms with Crippen LogP contribution in [-0.4, -0.2) is 45.2 Å². The normalized spacial score (nSPS) is 12.1. The second-order valence-corrected chi connectivity index (χ2v) is 11.1. The number of carbonyl (C=O) groups excluding carboxylic acids is 2. The molecule has 0 heterocycles. The molecule has 0 spiro atoms. The predicted molar refractivity (Wildman–Crippen MR) is 141 cm³/mol. The zero-order chi connectivity index (χ0) is 23.9. The molecule has 4 nitrogen and oxygen atoms in total. The molecule has 0 aliphatic rings. The fourth-order valence-electron chi connectivity index (χ4n) is 3.95. The minimum absolute atomic E-state index is 0.191. The molecule has 0 amide bonds. The van der Waals surface area contributed by atoms with Crippen molar-refractivity contribution in [3.8, 4) is 0 Å². The lowest BCUT2D eigenvalue weighted by atomic mass is 9.92. The van der Waals surface area contributed by atoms with E-state index in [-0.39, 0.29) is 23.4 Å². The van der Waals surface area contributed by atoms with Gasteiger partial charge in [0.2, 0.25) is 0 Å². The summed E-state index contributed by atoms with van der Waals surface area (Å²) in [5.74, 6) is 1.89. The van der Waals surface area contributed by atoms with Gasteiger partial charge in [-0.05, 0) is 51.4 Å². The van der Waals surface area contributed by atoms with Crippen LogP contribution in [0.1, 0.15) is 117 Å². The van der Waals surface area contributed by atoms with E-state index in [1.807, 2.05) is 0 Å². The Labute approximate surface area is 205 Å². The lowest BCUT2D eigenvalue weighted by Crippen LogP contribution is -2.00. The Balaban J connectivity index is 4.09. The summed E-state index contributed by atoms with van der Waals surface area (Å²) >= 11 is 2.86. The van der Waals surface area contributed by atoms with Crippen LogP contribution in [0.3, 0.4) is 0 Å². The molecular formula is C26H48O4S2. The van der Waals surface area contributed by atoms with Gasteiger partial charge in [0.15, 0.2) is 10.2 Å². The molecule has 0 saturated carbocycles. The number of carbonyl (C=O) groups is 2. The highest BCUT2D eigenvalue weighted by Crippen LogP contribution is 2.25. The largest absolute Gasteiger partial charge is 0.396 e. The molecule has 0 saturated heterocycles. The van der Waals surface area contributed by atoms with Crippen LogP contribution in [0.15, 0.2) is 11.1 Å². The molecule has 0 atom stereocenters. The topological polar surface area (TPSA) is 74.6 Å². The molecule has 2 N–H and O–H groups in total. The van der Waals surface area contributed by atoms with Crippen molar-refractivity contribution >= 4 is 33.8 Å². The second-order valence-electron chi connectivity index (χ2n) is 8.58. The summed E-state index contributed by atoms with van der Waals surface area (Å²) in [6, 6.07) is 0. The van der Waals surface area contributed by atoms with E-state index in [0.29, 0.717) is 0 Å². The van der Waals surface area contributed by atoms with Crippen LogP contribution in [0, 0.1) is 0 Å². The Morgan fingerprint density at radius 1 is 0.500 bits per heavy atom. The van der Waals surface area contributed by atoms with Crippen LogP contribution >= 0.6 is 23.5 Å². The van der Waals surface area contributed by atoms with Crippen LogP contribution < -0.4 is 0 Å². The molecule has 0 radical (unpaired) electrons. The second kappa shape index (κ2) is 23.8. The molecule has 0 rings (SSSR count). The highest BCUT2D eigenvalue weighted by atomic mass is 32.2. The van der Waals surface area contributed by atoms with E-state index in [1.165, 1.54) is 86.0 Å². The van der Waals surface area contributed by atoms with Crippen LogP contribution in [-0.2, 0) is 9.59 Å². The zero-order valence-electron chi connectivity index (χ0n) is 20.7. The van der Waals surface area contributed by atoms with Gasteiger partial charge in [0.1, 0.15) is 0 Å². The molecule has 0 aromatic rings. The standard InChI is InChI=1S/C26H48O4S2/c1-23(29)31-21-13-9-5-3-7-11-15-25(17-19-27)26(18-20-28)16-12-8-4-6-10-14-22-32-24(2)30/h27-28H,3-22H2,1-2H3/b26-25-. The first kappa shape index (κ1) is 31.7. The number of aliphatic hydroxyl groups excluding tert-OH is 2. The number of unbranched alkanes of at least 4 members (excludes halogenated alkanes) is 10. The first-order valence-corrected chi connectivity index (χ1v) is 14.7. The van der Waals surface area contributed by atoms with Crippen molar-refractivity contribution in [2.45, 2.75) is 117 Å². The van der Waals surface area contributed by atoms with Gasteiger partial charge in [-0.1, -0.05) is 86.0 Å². The third kappa shape index (κ3) is 21.5. The van der Waals surface area contributed by atoms with Gasteiger partial charge in [-0.25, -0.2) is 0 Å². The Morgan fingerprint density at radius 2 is 0.812 bits per heavy atom. The van der Waals surface area contributed by atoms with Gasteiger partial charge in [0, 0.05) is 38.6 Å². The third-order valence-corrected chi connectivity index (χ3v) is 7.48. The Kier molecular flexibility index (Phi) is 23.6. The fraction of sp³-hybridized carbons (Fsp3) is 0.846. The molecule has 0 fully saturated rings. The summed E-state index contributed by atoms with van der Waals surface area (Å²) in [5, 5.41) is 19.5. The summed E-state index contributed by atoms with van der Waals surface area (Å²) < 4.78 is 0. The van der Waals surface area contributed by atoms with Crippen molar-refractivity contribution in [3.63, 3.8) is 0 Å². The molecule has 0 aliphatic carbocycles. The smallest absolute Gasteiger partial charge is 0.185 e. The molecule has 0 aromatic carbocycles. The quantitative estimate of drug-likeness (QED) is 0.125. The minimum atomic E-state index is 0.191. The average molecular weight is 489 g/mol. The number of hydrogen-bond acceptors (Lipinski definition) is 6. The summed E-state index contributed by atoms with van der Waals surface area (Å²) in [6.07, 6.45) is 17.9. The first-order valence-electron chi connectivity index (χ1n) is 12.7. The van der Waals surface area contributed by atoms with Crippen LogP contribution in [0.4, 0.5) is 0 Å². The van der Waals surface area contributed by atoms with E-state index in [1.54, 1.807) is 13.8 Å². The summed E-state index contributed by atoms with van der Waals surface area (Å²) in [4.78, 5) is 21.8. The molecule has 6 heteroatoms. The van der Waals surface area contributed by atoms with Crippen LogP contribution in [0.2, 0.25) is 0 Å². The maximum absolute atomic E-state index is 10.9. The number of rotatable bonds is 22. The van der Waals surface area contributed by atoms with Crippen molar-refractivity contribution in [1.29, 1.82) is 0 Å². The maximum atomic E-state index is 10.9. The molecule has 32 heavy (non-hydrogen) atoms. The number of hydrogen-bond donors (Lipinski definition) is 2. The van der Waals surface area contributed by atoms with E-state index >= 15 is 0 Å². The van der Waals surface area contributed by atoms with Crippen LogP contribution in [0.5, 0.6) is 0 Å². The fourth-order valence-corrected chi connectivity index (χ4v) is 5.23. The maximum Gasteiger partial charge on any atom is 0.185 e. The Hall–Kier alpha value is -0.300. The van der Waals surface area contributed by atoms with Gasteiger partial charge in [0.05, 0.1) is 0 Å². The van der Waals surface area contributed by atoms with Gasteiger partial charge >= 0.3 is 0 Å². The Bertz CT molecular complexity index is 462. The highest BCUT2D eigenvalue weighted by molar-refractivity contribution is 8.13. The van der Waals surface area contributed by atoms with Gasteiger partial charge < -0.3 is 10.2 Å². The van der Waals surface area contributed by atoms with Crippen molar-refractivity contribution in [1.82, 2.24) is 0 Å². The van der Waals surface area contributed by atoms with E-state index in [0.717, 1.165) is 62.9 Å². The third-order valence-electron chi connectivity index (χ3n) is 5.68. The molecule has 188 valence electrons. The first-order chi connectivity index (χ1) is 15.5. The number of thioether (sulfide) groups is 2. The van der Waals surface area contributed by atoms with E-state index in [9.17, 15) is 19.8 Å². The van der Waals surface area contributed by atoms with Crippen molar-refractivity contribution in [3.05, 3.63) is 11.1 Å². The average Bonchev–Trinajstić information content (AvgIpc) is 2.75. The van der Waals surface area contributed by atoms with Crippen molar-refractivity contribution in [2.24, 2.45) is 0 Å². The predicted octanol–water partition coefficient (Wildman–Crippen LogP) is 7.07. The monoisotopic (exact) mass is 488 g/mol. The van der Waals surface area contributed by atoms with Gasteiger partial charge in [-0.15, -0.1) is 0 Å². The lowest BCUT2D eigenvalue weighted by Gasteiger charge is -2.15. The summed E-state index contributed by atoms with van der Waals surface area (Å²) in [5.41, 5.74) is 2.75. The van der Waals surface area contributed by atoms with E-state index < -0.39 is 0 Å². The Morgan fingerprint density at radius 3 is 1.12 bits per heavy atom. The minimum Gasteiger partial charge on any atom is -0.396 e. The van der Waals surface area contributed by atoms with Gasteiger partial charge in [0.25, 0.3) is 0 Å². The molecule has 0 unspecified atom stereocenters. The SMILES string of the molecule is CC(=O)SCCCCCCCC/C(CCO)=C(/CCO)CCCCCCCCSC(C)=O. The molecular weight excluding hydrogens is 440 g/mol.